The highest BCUT2D eigenvalue weighted by Crippen LogP contribution is 2.21. The van der Waals surface area contributed by atoms with Crippen molar-refractivity contribution in [2.45, 2.75) is 12.8 Å². The van der Waals surface area contributed by atoms with Crippen molar-refractivity contribution in [1.29, 1.82) is 0 Å². The molecule has 1 heterocycles. The third-order valence-corrected chi connectivity index (χ3v) is 3.47. The highest BCUT2D eigenvalue weighted by atomic mass is 32.2. The molecule has 0 bridgehead atoms. The topological polar surface area (TPSA) is 24.9 Å². The number of benzene rings is 1. The van der Waals surface area contributed by atoms with Crippen LogP contribution in [0.4, 0.5) is 5.69 Å². The van der Waals surface area contributed by atoms with E-state index in [4.69, 9.17) is 0 Å². The minimum atomic E-state index is 1.04. The van der Waals surface area contributed by atoms with Gasteiger partial charge in [-0.25, -0.2) is 0 Å². The Hall–Kier alpha value is -1.22. The van der Waals surface area contributed by atoms with Crippen molar-refractivity contribution in [2.75, 3.05) is 23.9 Å². The van der Waals surface area contributed by atoms with Gasteiger partial charge < -0.3 is 5.32 Å². The lowest BCUT2D eigenvalue weighted by Crippen LogP contribution is -2.02. The molecule has 0 aliphatic carbocycles. The van der Waals surface area contributed by atoms with Crippen molar-refractivity contribution in [1.82, 2.24) is 4.98 Å². The van der Waals surface area contributed by atoms with Crippen LogP contribution < -0.4 is 5.32 Å². The maximum atomic E-state index is 4.19. The number of hydrogen-bond donors (Lipinski definition) is 1. The summed E-state index contributed by atoms with van der Waals surface area (Å²) < 4.78 is 0. The van der Waals surface area contributed by atoms with Gasteiger partial charge in [0.25, 0.3) is 0 Å². The molecule has 0 aliphatic rings. The number of rotatable bonds is 6. The predicted octanol–water partition coefficient (Wildman–Crippen LogP) is 3.79. The number of nitrogens with one attached hydrogen (secondary N) is 1. The molecule has 0 fully saturated rings. The molecule has 17 heavy (non-hydrogen) atoms. The quantitative estimate of drug-likeness (QED) is 0.785. The van der Waals surface area contributed by atoms with Gasteiger partial charge >= 0.3 is 0 Å². The van der Waals surface area contributed by atoms with Crippen LogP contribution >= 0.6 is 11.8 Å². The maximum absolute atomic E-state index is 4.19. The van der Waals surface area contributed by atoms with Crippen LogP contribution in [0.1, 0.15) is 12.8 Å². The summed E-state index contributed by atoms with van der Waals surface area (Å²) in [4.78, 5) is 4.19. The van der Waals surface area contributed by atoms with Gasteiger partial charge in [-0.1, -0.05) is 12.1 Å². The Balaban J connectivity index is 1.98. The largest absolute Gasteiger partial charge is 0.384 e. The zero-order valence-electron chi connectivity index (χ0n) is 10.1. The highest BCUT2D eigenvalue weighted by molar-refractivity contribution is 7.98. The van der Waals surface area contributed by atoms with E-state index in [0.29, 0.717) is 0 Å². The van der Waals surface area contributed by atoms with Crippen LogP contribution in [0.3, 0.4) is 0 Å². The van der Waals surface area contributed by atoms with E-state index >= 15 is 0 Å². The molecule has 0 saturated heterocycles. The van der Waals surface area contributed by atoms with Crippen molar-refractivity contribution in [2.24, 2.45) is 0 Å². The van der Waals surface area contributed by atoms with Crippen molar-refractivity contribution in [3.8, 4) is 0 Å². The van der Waals surface area contributed by atoms with E-state index in [1.54, 1.807) is 0 Å². The first-order valence-corrected chi connectivity index (χ1v) is 7.37. The number of hydrogen-bond acceptors (Lipinski definition) is 3. The maximum Gasteiger partial charge on any atom is 0.0435 e. The number of pyridine rings is 1. The molecule has 1 N–H and O–H groups in total. The molecule has 0 spiro atoms. The molecule has 0 saturated carbocycles. The summed E-state index contributed by atoms with van der Waals surface area (Å²) in [6.45, 7) is 1.04. The zero-order chi connectivity index (χ0) is 11.9. The number of aromatic nitrogens is 1. The second-order valence-electron chi connectivity index (χ2n) is 4.03. The van der Waals surface area contributed by atoms with Gasteiger partial charge in [-0.15, -0.1) is 0 Å². The van der Waals surface area contributed by atoms with Crippen molar-refractivity contribution in [3.05, 3.63) is 36.7 Å². The minimum Gasteiger partial charge on any atom is -0.384 e. The van der Waals surface area contributed by atoms with E-state index in [1.807, 2.05) is 30.2 Å². The van der Waals surface area contributed by atoms with Gasteiger partial charge in [-0.2, -0.15) is 11.8 Å². The third kappa shape index (κ3) is 3.37. The van der Waals surface area contributed by atoms with Gasteiger partial charge in [-0.05, 0) is 42.4 Å². The van der Waals surface area contributed by atoms with Crippen LogP contribution in [0.5, 0.6) is 0 Å². The Morgan fingerprint density at radius 1 is 1.24 bits per heavy atom. The summed E-state index contributed by atoms with van der Waals surface area (Å²) in [6.07, 6.45) is 8.42. The number of unbranched alkanes of at least 4 members (excludes halogenated alkanes) is 1. The molecule has 0 radical (unpaired) electrons. The molecule has 2 aromatic rings. The SMILES string of the molecule is CSCCCCNc1cccc2ccncc12. The molecule has 2 rings (SSSR count). The Labute approximate surface area is 107 Å². The number of anilines is 1. The molecular weight excluding hydrogens is 228 g/mol. The summed E-state index contributed by atoms with van der Waals surface area (Å²) in [5, 5.41) is 5.95. The van der Waals surface area contributed by atoms with Crippen LogP contribution in [0.2, 0.25) is 0 Å². The van der Waals surface area contributed by atoms with Gasteiger partial charge in [-0.3, -0.25) is 4.98 Å². The first kappa shape index (κ1) is 12.2. The molecule has 0 amide bonds. The molecular formula is C14H18N2S. The van der Waals surface area contributed by atoms with E-state index in [9.17, 15) is 0 Å². The number of thioether (sulfide) groups is 1. The molecule has 1 aromatic carbocycles. The lowest BCUT2D eigenvalue weighted by molar-refractivity contribution is 0.844. The lowest BCUT2D eigenvalue weighted by Gasteiger charge is -2.09. The van der Waals surface area contributed by atoms with Crippen LogP contribution in [-0.2, 0) is 0 Å². The Kier molecular flexibility index (Phi) is 4.68. The summed E-state index contributed by atoms with van der Waals surface area (Å²) >= 11 is 1.91. The Morgan fingerprint density at radius 3 is 3.06 bits per heavy atom. The van der Waals surface area contributed by atoms with Gasteiger partial charge in [0.15, 0.2) is 0 Å². The summed E-state index contributed by atoms with van der Waals surface area (Å²) in [5.74, 6) is 1.25. The van der Waals surface area contributed by atoms with Crippen LogP contribution in [0, 0.1) is 0 Å². The van der Waals surface area contributed by atoms with E-state index in [0.717, 1.165) is 6.54 Å². The van der Waals surface area contributed by atoms with Crippen molar-refractivity contribution >= 4 is 28.2 Å². The Bertz CT molecular complexity index is 465. The lowest BCUT2D eigenvalue weighted by atomic mass is 10.1. The summed E-state index contributed by atoms with van der Waals surface area (Å²) in [7, 11) is 0. The molecule has 0 atom stereocenters. The van der Waals surface area contributed by atoms with Gasteiger partial charge in [0.05, 0.1) is 0 Å². The fourth-order valence-electron chi connectivity index (χ4n) is 1.86. The second kappa shape index (κ2) is 6.50. The second-order valence-corrected chi connectivity index (χ2v) is 5.01. The van der Waals surface area contributed by atoms with Crippen LogP contribution in [-0.4, -0.2) is 23.5 Å². The van der Waals surface area contributed by atoms with E-state index in [2.05, 4.69) is 34.8 Å². The first-order valence-electron chi connectivity index (χ1n) is 5.97. The molecule has 1 aromatic heterocycles. The smallest absolute Gasteiger partial charge is 0.0435 e. The number of nitrogens with zero attached hydrogens (tertiary/aromatic N) is 1. The van der Waals surface area contributed by atoms with Crippen LogP contribution in [0.25, 0.3) is 10.8 Å². The zero-order valence-corrected chi connectivity index (χ0v) is 11.0. The fourth-order valence-corrected chi connectivity index (χ4v) is 2.35. The Morgan fingerprint density at radius 2 is 2.18 bits per heavy atom. The molecule has 0 aliphatic heterocycles. The molecule has 90 valence electrons. The first-order chi connectivity index (χ1) is 8.42. The number of fused-ring (bicyclic) bond motifs is 1. The summed E-state index contributed by atoms with van der Waals surface area (Å²) in [6, 6.07) is 8.38. The van der Waals surface area contributed by atoms with Gasteiger partial charge in [0.1, 0.15) is 0 Å². The van der Waals surface area contributed by atoms with Crippen molar-refractivity contribution in [3.63, 3.8) is 0 Å². The predicted molar refractivity (Wildman–Crippen MR) is 77.8 cm³/mol. The van der Waals surface area contributed by atoms with Gasteiger partial charge in [0, 0.05) is 30.0 Å². The van der Waals surface area contributed by atoms with E-state index in [1.165, 1.54) is 35.1 Å². The minimum absolute atomic E-state index is 1.04. The van der Waals surface area contributed by atoms with E-state index < -0.39 is 0 Å². The monoisotopic (exact) mass is 246 g/mol. The molecule has 3 heteroatoms. The average Bonchev–Trinajstić information content (AvgIpc) is 2.39. The normalized spacial score (nSPS) is 10.6. The standard InChI is InChI=1S/C14H18N2S/c1-17-10-3-2-8-16-14-6-4-5-12-7-9-15-11-13(12)14/h4-7,9,11,16H,2-3,8,10H2,1H3. The fraction of sp³-hybridized carbons (Fsp3) is 0.357. The highest BCUT2D eigenvalue weighted by Gasteiger charge is 1.99. The van der Waals surface area contributed by atoms with Crippen LogP contribution in [0.15, 0.2) is 36.7 Å². The molecule has 0 unspecified atom stereocenters. The van der Waals surface area contributed by atoms with E-state index in [-0.39, 0.29) is 0 Å². The summed E-state index contributed by atoms with van der Waals surface area (Å²) in [5.41, 5.74) is 1.19. The third-order valence-electron chi connectivity index (χ3n) is 2.77. The van der Waals surface area contributed by atoms with Crippen molar-refractivity contribution < 1.29 is 0 Å². The molecule has 2 nitrogen and oxygen atoms in total. The average molecular weight is 246 g/mol. The van der Waals surface area contributed by atoms with Gasteiger partial charge in [0.2, 0.25) is 0 Å².